The van der Waals surface area contributed by atoms with Crippen molar-refractivity contribution in [2.45, 2.75) is 26.3 Å². The number of aromatic nitrogens is 1. The Balaban J connectivity index is 2.30. The Morgan fingerprint density at radius 2 is 2.12 bits per heavy atom. The number of nitrogens with zero attached hydrogens (tertiary/aromatic N) is 1. The van der Waals surface area contributed by atoms with E-state index in [0.717, 1.165) is 24.5 Å². The molecule has 1 unspecified atom stereocenters. The second kappa shape index (κ2) is 8.03. The molecule has 0 saturated carbocycles. The van der Waals surface area contributed by atoms with Gasteiger partial charge in [-0.15, -0.1) is 0 Å². The number of rotatable bonds is 8. The largest absolute Gasteiger partial charge is 0.490 e. The van der Waals surface area contributed by atoms with Crippen molar-refractivity contribution in [3.05, 3.63) is 24.0 Å². The van der Waals surface area contributed by atoms with Crippen LogP contribution in [0.3, 0.4) is 0 Å². The molecular formula is C13H22N2O2. The molecule has 96 valence electrons. The highest BCUT2D eigenvalue weighted by atomic mass is 16.5. The van der Waals surface area contributed by atoms with Gasteiger partial charge in [-0.2, -0.15) is 0 Å². The van der Waals surface area contributed by atoms with Crippen LogP contribution in [0.15, 0.2) is 18.3 Å². The van der Waals surface area contributed by atoms with Crippen molar-refractivity contribution < 1.29 is 9.47 Å². The maximum Gasteiger partial charge on any atom is 0.137 e. The van der Waals surface area contributed by atoms with Gasteiger partial charge in [0.15, 0.2) is 0 Å². The molecule has 4 heteroatoms. The Morgan fingerprint density at radius 3 is 2.71 bits per heavy atom. The van der Waals surface area contributed by atoms with Crippen LogP contribution >= 0.6 is 0 Å². The summed E-state index contributed by atoms with van der Waals surface area (Å²) >= 11 is 0. The summed E-state index contributed by atoms with van der Waals surface area (Å²) in [6, 6.07) is 4.18. The first-order valence-corrected chi connectivity index (χ1v) is 6.11. The summed E-state index contributed by atoms with van der Waals surface area (Å²) in [4.78, 5) is 4.34. The fraction of sp³-hybridized carbons (Fsp3) is 0.615. The molecule has 1 N–H and O–H groups in total. The first kappa shape index (κ1) is 13.9. The highest BCUT2D eigenvalue weighted by molar-refractivity contribution is 5.21. The van der Waals surface area contributed by atoms with E-state index >= 15 is 0 Å². The van der Waals surface area contributed by atoms with Crippen LogP contribution in [0.1, 0.15) is 32.0 Å². The molecule has 1 aromatic rings. The Labute approximate surface area is 103 Å². The average Bonchev–Trinajstić information content (AvgIpc) is 2.38. The topological polar surface area (TPSA) is 43.4 Å². The van der Waals surface area contributed by atoms with Crippen molar-refractivity contribution in [1.29, 1.82) is 0 Å². The second-order valence-corrected chi connectivity index (χ2v) is 3.89. The lowest BCUT2D eigenvalue weighted by molar-refractivity contribution is 0.100. The highest BCUT2D eigenvalue weighted by Gasteiger charge is 2.03. The third-order valence-corrected chi connectivity index (χ3v) is 2.48. The van der Waals surface area contributed by atoms with Crippen LogP contribution in [-0.2, 0) is 4.74 Å². The Morgan fingerprint density at radius 1 is 1.29 bits per heavy atom. The van der Waals surface area contributed by atoms with Crippen molar-refractivity contribution >= 4 is 0 Å². The molecule has 1 aromatic heterocycles. The van der Waals surface area contributed by atoms with Gasteiger partial charge in [0.2, 0.25) is 0 Å². The van der Waals surface area contributed by atoms with Crippen molar-refractivity contribution in [2.24, 2.45) is 0 Å². The van der Waals surface area contributed by atoms with E-state index in [1.54, 1.807) is 6.20 Å². The predicted molar refractivity (Wildman–Crippen MR) is 68.3 cm³/mol. The van der Waals surface area contributed by atoms with E-state index in [0.29, 0.717) is 13.2 Å². The third kappa shape index (κ3) is 5.15. The van der Waals surface area contributed by atoms with Crippen LogP contribution < -0.4 is 10.1 Å². The fourth-order valence-electron chi connectivity index (χ4n) is 1.35. The van der Waals surface area contributed by atoms with Gasteiger partial charge in [-0.25, -0.2) is 0 Å². The average molecular weight is 238 g/mol. The van der Waals surface area contributed by atoms with Gasteiger partial charge in [-0.05, 0) is 32.5 Å². The Bertz CT molecular complexity index is 301. The summed E-state index contributed by atoms with van der Waals surface area (Å²) in [7, 11) is 1.92. The number of pyridine rings is 1. The van der Waals surface area contributed by atoms with E-state index in [9.17, 15) is 0 Å². The molecule has 0 fully saturated rings. The Hall–Kier alpha value is -1.13. The standard InChI is InChI=1S/C13H22N2O2/c1-4-7-16-8-9-17-12-5-6-13(15-10-12)11(2)14-3/h5-6,10-11,14H,4,7-9H2,1-3H3. The van der Waals surface area contributed by atoms with Gasteiger partial charge in [-0.1, -0.05) is 6.92 Å². The van der Waals surface area contributed by atoms with Gasteiger partial charge in [-0.3, -0.25) is 4.98 Å². The lowest BCUT2D eigenvalue weighted by atomic mass is 10.2. The van der Waals surface area contributed by atoms with Crippen LogP contribution in [0, 0.1) is 0 Å². The number of hydrogen-bond acceptors (Lipinski definition) is 4. The molecule has 1 rings (SSSR count). The van der Waals surface area contributed by atoms with Crippen molar-refractivity contribution in [3.63, 3.8) is 0 Å². The van der Waals surface area contributed by atoms with Gasteiger partial charge in [0.1, 0.15) is 12.4 Å². The van der Waals surface area contributed by atoms with E-state index in [2.05, 4.69) is 24.1 Å². The quantitative estimate of drug-likeness (QED) is 0.705. The van der Waals surface area contributed by atoms with Gasteiger partial charge < -0.3 is 14.8 Å². The molecule has 0 bridgehead atoms. The molecule has 0 spiro atoms. The summed E-state index contributed by atoms with van der Waals surface area (Å²) in [5, 5.41) is 3.14. The normalized spacial score (nSPS) is 12.4. The van der Waals surface area contributed by atoms with E-state index in [1.807, 2.05) is 19.2 Å². The molecule has 0 radical (unpaired) electrons. The SMILES string of the molecule is CCCOCCOc1ccc(C(C)NC)nc1. The van der Waals surface area contributed by atoms with E-state index in [1.165, 1.54) is 0 Å². The van der Waals surface area contributed by atoms with Crippen molar-refractivity contribution in [2.75, 3.05) is 26.9 Å². The summed E-state index contributed by atoms with van der Waals surface area (Å²) in [6.45, 7) is 6.15. The predicted octanol–water partition coefficient (Wildman–Crippen LogP) is 2.17. The molecule has 0 aliphatic rings. The van der Waals surface area contributed by atoms with Crippen LogP contribution in [0.4, 0.5) is 0 Å². The minimum atomic E-state index is 0.261. The minimum Gasteiger partial charge on any atom is -0.490 e. The van der Waals surface area contributed by atoms with E-state index in [-0.39, 0.29) is 6.04 Å². The van der Waals surface area contributed by atoms with Crippen molar-refractivity contribution in [3.8, 4) is 5.75 Å². The third-order valence-electron chi connectivity index (χ3n) is 2.48. The maximum atomic E-state index is 5.51. The zero-order valence-corrected chi connectivity index (χ0v) is 10.9. The summed E-state index contributed by atoms with van der Waals surface area (Å²) in [5.41, 5.74) is 1.02. The van der Waals surface area contributed by atoms with E-state index < -0.39 is 0 Å². The zero-order chi connectivity index (χ0) is 12.5. The lowest BCUT2D eigenvalue weighted by Gasteiger charge is -2.10. The molecule has 0 aliphatic heterocycles. The summed E-state index contributed by atoms with van der Waals surface area (Å²) in [5.74, 6) is 0.789. The molecule has 17 heavy (non-hydrogen) atoms. The van der Waals surface area contributed by atoms with Gasteiger partial charge in [0, 0.05) is 12.6 Å². The number of hydrogen-bond donors (Lipinski definition) is 1. The van der Waals surface area contributed by atoms with E-state index in [4.69, 9.17) is 9.47 Å². The zero-order valence-electron chi connectivity index (χ0n) is 10.9. The smallest absolute Gasteiger partial charge is 0.137 e. The number of ether oxygens (including phenoxy) is 2. The highest BCUT2D eigenvalue weighted by Crippen LogP contribution is 2.13. The second-order valence-electron chi connectivity index (χ2n) is 3.89. The monoisotopic (exact) mass is 238 g/mol. The molecule has 4 nitrogen and oxygen atoms in total. The van der Waals surface area contributed by atoms with Gasteiger partial charge >= 0.3 is 0 Å². The van der Waals surface area contributed by atoms with Crippen LogP contribution in [0.5, 0.6) is 5.75 Å². The molecule has 0 aromatic carbocycles. The molecular weight excluding hydrogens is 216 g/mol. The first-order valence-electron chi connectivity index (χ1n) is 6.11. The van der Waals surface area contributed by atoms with Crippen LogP contribution in [0.25, 0.3) is 0 Å². The van der Waals surface area contributed by atoms with Crippen LogP contribution in [-0.4, -0.2) is 31.9 Å². The van der Waals surface area contributed by atoms with Gasteiger partial charge in [0.05, 0.1) is 18.5 Å². The minimum absolute atomic E-state index is 0.261. The summed E-state index contributed by atoms with van der Waals surface area (Å²) in [6.07, 6.45) is 2.79. The first-order chi connectivity index (χ1) is 8.27. The molecule has 0 amide bonds. The molecule has 0 aliphatic carbocycles. The van der Waals surface area contributed by atoms with Crippen LogP contribution in [0.2, 0.25) is 0 Å². The van der Waals surface area contributed by atoms with Crippen molar-refractivity contribution in [1.82, 2.24) is 10.3 Å². The lowest BCUT2D eigenvalue weighted by Crippen LogP contribution is -2.13. The fourth-order valence-corrected chi connectivity index (χ4v) is 1.35. The number of nitrogens with one attached hydrogen (secondary N) is 1. The maximum absolute atomic E-state index is 5.51. The molecule has 1 atom stereocenters. The molecule has 0 saturated heterocycles. The molecule has 1 heterocycles. The Kier molecular flexibility index (Phi) is 6.58. The summed E-state index contributed by atoms with van der Waals surface area (Å²) < 4.78 is 10.8. The van der Waals surface area contributed by atoms with Gasteiger partial charge in [0.25, 0.3) is 0 Å².